The van der Waals surface area contributed by atoms with Gasteiger partial charge in [-0.1, -0.05) is 5.16 Å². The van der Waals surface area contributed by atoms with Crippen molar-refractivity contribution >= 4 is 16.3 Å². The molecule has 22 heavy (non-hydrogen) atoms. The van der Waals surface area contributed by atoms with Crippen molar-refractivity contribution in [2.24, 2.45) is 5.16 Å². The highest BCUT2D eigenvalue weighted by atomic mass is 32.2. The van der Waals surface area contributed by atoms with Crippen LogP contribution >= 0.6 is 0 Å². The van der Waals surface area contributed by atoms with Crippen LogP contribution < -0.4 is 9.42 Å². The zero-order chi connectivity index (χ0) is 16.3. The summed E-state index contributed by atoms with van der Waals surface area (Å²) in [5, 5.41) is 15.1. The second kappa shape index (κ2) is 6.08. The Morgan fingerprint density at radius 1 is 1.32 bits per heavy atom. The van der Waals surface area contributed by atoms with E-state index in [1.807, 2.05) is 0 Å². The minimum Gasteiger partial charge on any atom is -0.497 e. The first-order chi connectivity index (χ1) is 10.4. The second-order valence-corrected chi connectivity index (χ2v) is 5.72. The summed E-state index contributed by atoms with van der Waals surface area (Å²) in [5.41, 5.74) is 1.06. The largest absolute Gasteiger partial charge is 0.497 e. The third-order valence-electron chi connectivity index (χ3n) is 2.89. The van der Waals surface area contributed by atoms with E-state index in [-0.39, 0.29) is 5.56 Å². The SMILES string of the molecule is COc1ccc(-[n+]2nc(S(=O)(=O)O)c(C)cc2/C=N/O)cc1. The van der Waals surface area contributed by atoms with Crippen LogP contribution in [0.2, 0.25) is 0 Å². The van der Waals surface area contributed by atoms with Gasteiger partial charge in [0, 0.05) is 28.9 Å². The molecule has 2 aromatic rings. The molecular formula is C13H14N3O5S+. The third-order valence-corrected chi connectivity index (χ3v) is 3.78. The summed E-state index contributed by atoms with van der Waals surface area (Å²) in [6, 6.07) is 8.04. The van der Waals surface area contributed by atoms with E-state index in [0.717, 1.165) is 6.21 Å². The van der Waals surface area contributed by atoms with Crippen molar-refractivity contribution in [1.82, 2.24) is 5.10 Å². The number of ether oxygens (including phenoxy) is 1. The van der Waals surface area contributed by atoms with Gasteiger partial charge in [-0.25, -0.2) is 0 Å². The fourth-order valence-corrected chi connectivity index (χ4v) is 2.56. The molecule has 0 saturated heterocycles. The zero-order valence-corrected chi connectivity index (χ0v) is 12.6. The van der Waals surface area contributed by atoms with Crippen LogP contribution in [0.4, 0.5) is 0 Å². The van der Waals surface area contributed by atoms with Crippen molar-refractivity contribution in [3.63, 3.8) is 0 Å². The molecule has 1 aromatic carbocycles. The van der Waals surface area contributed by atoms with E-state index in [9.17, 15) is 13.0 Å². The van der Waals surface area contributed by atoms with Gasteiger partial charge in [-0.15, -0.1) is 0 Å². The number of aryl methyl sites for hydroxylation is 1. The van der Waals surface area contributed by atoms with Crippen molar-refractivity contribution < 1.29 is 27.6 Å². The molecule has 1 heterocycles. The number of aromatic nitrogens is 2. The Hall–Kier alpha value is -2.52. The number of nitrogens with zero attached hydrogens (tertiary/aromatic N) is 3. The number of methoxy groups -OCH3 is 1. The number of hydrogen-bond acceptors (Lipinski definition) is 6. The molecule has 0 fully saturated rings. The quantitative estimate of drug-likeness (QED) is 0.282. The molecule has 0 aliphatic rings. The number of rotatable bonds is 4. The summed E-state index contributed by atoms with van der Waals surface area (Å²) in [6.45, 7) is 1.48. The molecule has 0 saturated carbocycles. The van der Waals surface area contributed by atoms with Crippen molar-refractivity contribution in [2.75, 3.05) is 7.11 Å². The van der Waals surface area contributed by atoms with Crippen molar-refractivity contribution in [2.45, 2.75) is 11.9 Å². The Labute approximate surface area is 127 Å². The standard InChI is InChI=1S/C13H13N3O5S/c1-9-7-11(8-14-17)16(15-13(9)22(18,19)20)10-3-5-12(21-2)6-4-10/h3-8H,1-2H3,(H,18,19,20)/p+1. The Balaban J connectivity index is 2.70. The van der Waals surface area contributed by atoms with Crippen LogP contribution in [-0.4, -0.2) is 36.6 Å². The first kappa shape index (κ1) is 15.9. The second-order valence-electron chi connectivity index (χ2n) is 4.39. The molecule has 9 heteroatoms. The maximum absolute atomic E-state index is 11.4. The summed E-state index contributed by atoms with van der Waals surface area (Å²) in [6.07, 6.45) is 1.11. The van der Waals surface area contributed by atoms with Gasteiger partial charge in [0.2, 0.25) is 5.69 Å². The number of hydrogen-bond donors (Lipinski definition) is 2. The Morgan fingerprint density at radius 3 is 2.45 bits per heavy atom. The minimum absolute atomic E-state index is 0.224. The molecule has 0 unspecified atom stereocenters. The van der Waals surface area contributed by atoms with Gasteiger partial charge in [0.05, 0.1) is 7.11 Å². The van der Waals surface area contributed by atoms with Gasteiger partial charge in [0.15, 0.2) is 0 Å². The Morgan fingerprint density at radius 2 is 1.95 bits per heavy atom. The molecule has 116 valence electrons. The van der Waals surface area contributed by atoms with Gasteiger partial charge in [-0.2, -0.15) is 8.42 Å². The van der Waals surface area contributed by atoms with E-state index in [1.54, 1.807) is 24.3 Å². The summed E-state index contributed by atoms with van der Waals surface area (Å²) < 4.78 is 38.3. The van der Waals surface area contributed by atoms with Crippen LogP contribution in [-0.2, 0) is 10.1 Å². The van der Waals surface area contributed by atoms with Gasteiger partial charge >= 0.3 is 10.1 Å². The van der Waals surface area contributed by atoms with Gasteiger partial charge in [-0.05, 0) is 23.7 Å². The lowest BCUT2D eigenvalue weighted by atomic mass is 10.2. The van der Waals surface area contributed by atoms with Crippen LogP contribution in [0.1, 0.15) is 11.3 Å². The van der Waals surface area contributed by atoms with E-state index >= 15 is 0 Å². The monoisotopic (exact) mass is 324 g/mol. The van der Waals surface area contributed by atoms with E-state index in [2.05, 4.69) is 10.3 Å². The lowest BCUT2D eigenvalue weighted by Crippen LogP contribution is -2.41. The highest BCUT2D eigenvalue weighted by Gasteiger charge is 2.25. The Bertz CT molecular complexity index is 816. The lowest BCUT2D eigenvalue weighted by molar-refractivity contribution is -0.664. The molecule has 1 aromatic heterocycles. The maximum atomic E-state index is 11.4. The molecule has 0 aliphatic carbocycles. The molecule has 2 N–H and O–H groups in total. The predicted octanol–water partition coefficient (Wildman–Crippen LogP) is 0.730. The average molecular weight is 324 g/mol. The first-order valence-electron chi connectivity index (χ1n) is 6.10. The lowest BCUT2D eigenvalue weighted by Gasteiger charge is -2.03. The van der Waals surface area contributed by atoms with Crippen LogP contribution in [0, 0.1) is 6.92 Å². The minimum atomic E-state index is -4.47. The van der Waals surface area contributed by atoms with Crippen molar-refractivity contribution in [3.05, 3.63) is 41.6 Å². The highest BCUT2D eigenvalue weighted by Crippen LogP contribution is 2.14. The van der Waals surface area contributed by atoms with Gasteiger partial charge < -0.3 is 9.94 Å². The van der Waals surface area contributed by atoms with Crippen LogP contribution in [0.25, 0.3) is 5.69 Å². The van der Waals surface area contributed by atoms with E-state index < -0.39 is 15.1 Å². The average Bonchev–Trinajstić information content (AvgIpc) is 2.47. The van der Waals surface area contributed by atoms with E-state index in [0.29, 0.717) is 17.1 Å². The number of oxime groups is 1. The fraction of sp³-hybridized carbons (Fsp3) is 0.154. The summed E-state index contributed by atoms with van der Waals surface area (Å²) in [4.78, 5) is 0. The van der Waals surface area contributed by atoms with Crippen LogP contribution in [0.3, 0.4) is 0 Å². The van der Waals surface area contributed by atoms with Crippen molar-refractivity contribution in [1.29, 1.82) is 0 Å². The Kier molecular flexibility index (Phi) is 4.38. The number of benzene rings is 1. The van der Waals surface area contributed by atoms with E-state index in [1.165, 1.54) is 24.8 Å². The summed E-state index contributed by atoms with van der Waals surface area (Å²) >= 11 is 0. The fourth-order valence-electron chi connectivity index (χ4n) is 1.91. The molecule has 0 spiro atoms. The first-order valence-corrected chi connectivity index (χ1v) is 7.54. The third kappa shape index (κ3) is 3.21. The van der Waals surface area contributed by atoms with Crippen LogP contribution in [0.5, 0.6) is 5.75 Å². The summed E-state index contributed by atoms with van der Waals surface area (Å²) in [5.74, 6) is 0.615. The van der Waals surface area contributed by atoms with Gasteiger partial charge in [0.25, 0.3) is 10.7 Å². The zero-order valence-electron chi connectivity index (χ0n) is 11.8. The molecule has 0 bridgehead atoms. The molecule has 0 aliphatic heterocycles. The summed E-state index contributed by atoms with van der Waals surface area (Å²) in [7, 11) is -2.95. The van der Waals surface area contributed by atoms with Gasteiger partial charge in [-0.3, -0.25) is 4.55 Å². The van der Waals surface area contributed by atoms with Gasteiger partial charge in [0.1, 0.15) is 12.0 Å². The molecular weight excluding hydrogens is 310 g/mol. The molecule has 0 atom stereocenters. The topological polar surface area (TPSA) is 113 Å². The normalized spacial score (nSPS) is 11.8. The smallest absolute Gasteiger partial charge is 0.318 e. The van der Waals surface area contributed by atoms with E-state index in [4.69, 9.17) is 9.94 Å². The van der Waals surface area contributed by atoms with Crippen LogP contribution in [0.15, 0.2) is 40.5 Å². The predicted molar refractivity (Wildman–Crippen MR) is 76.3 cm³/mol. The molecule has 2 rings (SSSR count). The highest BCUT2D eigenvalue weighted by molar-refractivity contribution is 7.85. The molecule has 0 radical (unpaired) electrons. The maximum Gasteiger partial charge on any atom is 0.318 e. The molecule has 8 nitrogen and oxygen atoms in total. The van der Waals surface area contributed by atoms with Crippen molar-refractivity contribution in [3.8, 4) is 11.4 Å². The molecule has 0 amide bonds.